The number of nitrogens with one attached hydrogen (secondary N) is 1. The van der Waals surface area contributed by atoms with Crippen LogP contribution in [-0.4, -0.2) is 46.6 Å². The summed E-state index contributed by atoms with van der Waals surface area (Å²) in [6.45, 7) is 12.4. The van der Waals surface area contributed by atoms with Crippen molar-refractivity contribution in [1.82, 2.24) is 20.2 Å². The van der Waals surface area contributed by atoms with Gasteiger partial charge in [0.05, 0.1) is 18.1 Å². The quantitative estimate of drug-likeness (QED) is 0.907. The molecular weight excluding hydrogens is 310 g/mol. The molecule has 0 unspecified atom stereocenters. The minimum absolute atomic E-state index is 0.0927. The molecule has 25 heavy (non-hydrogen) atoms. The fourth-order valence-corrected chi connectivity index (χ4v) is 2.93. The topological polar surface area (TPSA) is 44.3 Å². The first-order chi connectivity index (χ1) is 12.0. The van der Waals surface area contributed by atoms with E-state index in [-0.39, 0.29) is 5.54 Å². The Balaban J connectivity index is 1.49. The summed E-state index contributed by atoms with van der Waals surface area (Å²) in [6.07, 6.45) is 3.80. The molecule has 5 heteroatoms. The molecule has 1 aromatic heterocycles. The normalized spacial score (nSPS) is 16.2. The molecule has 2 heterocycles. The molecule has 2 aromatic rings. The average Bonchev–Trinajstić information content (AvgIpc) is 2.61. The first-order valence-electron chi connectivity index (χ1n) is 9.07. The van der Waals surface area contributed by atoms with Gasteiger partial charge in [0.1, 0.15) is 5.82 Å². The van der Waals surface area contributed by atoms with Crippen molar-refractivity contribution < 1.29 is 0 Å². The first kappa shape index (κ1) is 17.8. The van der Waals surface area contributed by atoms with Crippen molar-refractivity contribution in [2.45, 2.75) is 39.4 Å². The molecule has 0 bridgehead atoms. The van der Waals surface area contributed by atoms with E-state index in [1.807, 2.05) is 12.4 Å². The molecule has 0 spiro atoms. The standard InChI is InChI=1S/C20H29N5/c1-20(2,3)23-14-18-13-22-19(15-21-18)25-11-9-24(10-12-25)16-17-7-5-4-6-8-17/h4-8,13,15,23H,9-12,14,16H2,1-3H3. The van der Waals surface area contributed by atoms with Gasteiger partial charge < -0.3 is 10.2 Å². The van der Waals surface area contributed by atoms with Gasteiger partial charge in [-0.3, -0.25) is 9.88 Å². The molecule has 0 amide bonds. The summed E-state index contributed by atoms with van der Waals surface area (Å²) in [5.74, 6) is 0.985. The Bertz CT molecular complexity index is 640. The third kappa shape index (κ3) is 5.51. The largest absolute Gasteiger partial charge is 0.353 e. The van der Waals surface area contributed by atoms with Crippen molar-refractivity contribution in [3.05, 3.63) is 54.0 Å². The lowest BCUT2D eigenvalue weighted by molar-refractivity contribution is 0.249. The maximum absolute atomic E-state index is 4.62. The van der Waals surface area contributed by atoms with E-state index in [2.05, 4.69) is 76.2 Å². The summed E-state index contributed by atoms with van der Waals surface area (Å²) in [5.41, 5.74) is 2.46. The number of nitrogens with zero attached hydrogens (tertiary/aromatic N) is 4. The van der Waals surface area contributed by atoms with Gasteiger partial charge in [0.2, 0.25) is 0 Å². The third-order valence-electron chi connectivity index (χ3n) is 4.44. The zero-order chi connectivity index (χ0) is 17.7. The van der Waals surface area contributed by atoms with Gasteiger partial charge in [-0.05, 0) is 26.3 Å². The van der Waals surface area contributed by atoms with E-state index in [9.17, 15) is 0 Å². The lowest BCUT2D eigenvalue weighted by Crippen LogP contribution is -2.46. The molecule has 1 aliphatic heterocycles. The van der Waals surface area contributed by atoms with Crippen LogP contribution in [0.1, 0.15) is 32.0 Å². The molecule has 0 radical (unpaired) electrons. The SMILES string of the molecule is CC(C)(C)NCc1cnc(N2CCN(Cc3ccccc3)CC2)cn1. The van der Waals surface area contributed by atoms with E-state index in [1.165, 1.54) is 5.56 Å². The van der Waals surface area contributed by atoms with Gasteiger partial charge in [-0.15, -0.1) is 0 Å². The number of anilines is 1. The van der Waals surface area contributed by atoms with Gasteiger partial charge in [-0.25, -0.2) is 4.98 Å². The molecule has 1 N–H and O–H groups in total. The van der Waals surface area contributed by atoms with Crippen LogP contribution in [0.5, 0.6) is 0 Å². The summed E-state index contributed by atoms with van der Waals surface area (Å²) >= 11 is 0. The van der Waals surface area contributed by atoms with Crippen LogP contribution in [0.2, 0.25) is 0 Å². The van der Waals surface area contributed by atoms with Crippen LogP contribution >= 0.6 is 0 Å². The van der Waals surface area contributed by atoms with E-state index < -0.39 is 0 Å². The predicted molar refractivity (Wildman–Crippen MR) is 103 cm³/mol. The maximum Gasteiger partial charge on any atom is 0.147 e. The van der Waals surface area contributed by atoms with Gasteiger partial charge in [0.15, 0.2) is 0 Å². The Labute approximate surface area is 151 Å². The Kier molecular flexibility index (Phi) is 5.66. The number of benzene rings is 1. The highest BCUT2D eigenvalue weighted by Gasteiger charge is 2.18. The summed E-state index contributed by atoms with van der Waals surface area (Å²) in [6, 6.07) is 10.7. The molecule has 134 valence electrons. The van der Waals surface area contributed by atoms with Gasteiger partial charge >= 0.3 is 0 Å². The van der Waals surface area contributed by atoms with Gasteiger partial charge in [0.25, 0.3) is 0 Å². The molecule has 0 saturated carbocycles. The van der Waals surface area contributed by atoms with Crippen molar-refractivity contribution in [2.75, 3.05) is 31.1 Å². The first-order valence-corrected chi connectivity index (χ1v) is 9.07. The molecule has 0 aliphatic carbocycles. The van der Waals surface area contributed by atoms with Crippen molar-refractivity contribution in [1.29, 1.82) is 0 Å². The number of aromatic nitrogens is 2. The molecule has 1 fully saturated rings. The Morgan fingerprint density at radius 1 is 0.960 bits per heavy atom. The molecule has 5 nitrogen and oxygen atoms in total. The third-order valence-corrected chi connectivity index (χ3v) is 4.44. The highest BCUT2D eigenvalue weighted by atomic mass is 15.3. The maximum atomic E-state index is 4.62. The van der Waals surface area contributed by atoms with E-state index >= 15 is 0 Å². The van der Waals surface area contributed by atoms with E-state index in [0.29, 0.717) is 0 Å². The number of hydrogen-bond acceptors (Lipinski definition) is 5. The lowest BCUT2D eigenvalue weighted by atomic mass is 10.1. The Hall–Kier alpha value is -1.98. The summed E-state index contributed by atoms with van der Waals surface area (Å²) in [4.78, 5) is 14.0. The second-order valence-corrected chi connectivity index (χ2v) is 7.72. The number of piperazine rings is 1. The lowest BCUT2D eigenvalue weighted by Gasteiger charge is -2.35. The molecular formula is C20H29N5. The molecule has 3 rings (SSSR count). The average molecular weight is 339 g/mol. The van der Waals surface area contributed by atoms with E-state index in [0.717, 1.165) is 50.8 Å². The van der Waals surface area contributed by atoms with Crippen LogP contribution in [0, 0.1) is 0 Å². The van der Waals surface area contributed by atoms with Crippen LogP contribution in [0.4, 0.5) is 5.82 Å². The van der Waals surface area contributed by atoms with Crippen molar-refractivity contribution in [3.63, 3.8) is 0 Å². The fourth-order valence-electron chi connectivity index (χ4n) is 2.93. The second-order valence-electron chi connectivity index (χ2n) is 7.72. The second kappa shape index (κ2) is 7.93. The molecule has 1 aromatic carbocycles. The molecule has 0 atom stereocenters. The Morgan fingerprint density at radius 3 is 2.28 bits per heavy atom. The number of rotatable bonds is 5. The fraction of sp³-hybridized carbons (Fsp3) is 0.500. The minimum atomic E-state index is 0.0927. The van der Waals surface area contributed by atoms with E-state index in [1.54, 1.807) is 0 Å². The Morgan fingerprint density at radius 2 is 1.68 bits per heavy atom. The highest BCUT2D eigenvalue weighted by molar-refractivity contribution is 5.36. The smallest absolute Gasteiger partial charge is 0.147 e. The van der Waals surface area contributed by atoms with Crippen molar-refractivity contribution >= 4 is 5.82 Å². The minimum Gasteiger partial charge on any atom is -0.353 e. The highest BCUT2D eigenvalue weighted by Crippen LogP contribution is 2.14. The van der Waals surface area contributed by atoms with Gasteiger partial charge in [-0.2, -0.15) is 0 Å². The van der Waals surface area contributed by atoms with Crippen LogP contribution in [-0.2, 0) is 13.1 Å². The summed E-state index contributed by atoms with van der Waals surface area (Å²) in [5, 5.41) is 3.44. The van der Waals surface area contributed by atoms with Crippen LogP contribution < -0.4 is 10.2 Å². The number of hydrogen-bond donors (Lipinski definition) is 1. The summed E-state index contributed by atoms with van der Waals surface area (Å²) < 4.78 is 0. The van der Waals surface area contributed by atoms with Crippen LogP contribution in [0.25, 0.3) is 0 Å². The monoisotopic (exact) mass is 339 g/mol. The van der Waals surface area contributed by atoms with Gasteiger partial charge in [0, 0.05) is 44.8 Å². The van der Waals surface area contributed by atoms with Crippen molar-refractivity contribution in [3.8, 4) is 0 Å². The van der Waals surface area contributed by atoms with Crippen LogP contribution in [0.3, 0.4) is 0 Å². The molecule has 1 saturated heterocycles. The zero-order valence-electron chi connectivity index (χ0n) is 15.6. The van der Waals surface area contributed by atoms with E-state index in [4.69, 9.17) is 0 Å². The van der Waals surface area contributed by atoms with Crippen molar-refractivity contribution in [2.24, 2.45) is 0 Å². The van der Waals surface area contributed by atoms with Crippen LogP contribution in [0.15, 0.2) is 42.7 Å². The molecule has 1 aliphatic rings. The van der Waals surface area contributed by atoms with Gasteiger partial charge in [-0.1, -0.05) is 30.3 Å². The predicted octanol–water partition coefficient (Wildman–Crippen LogP) is 2.69. The zero-order valence-corrected chi connectivity index (χ0v) is 15.6. The summed E-state index contributed by atoms with van der Waals surface area (Å²) in [7, 11) is 0.